The lowest BCUT2D eigenvalue weighted by atomic mass is 10.0. The van der Waals surface area contributed by atoms with Gasteiger partial charge in [0.05, 0.1) is 34.8 Å². The van der Waals surface area contributed by atoms with E-state index in [1.807, 2.05) is 48.5 Å². The summed E-state index contributed by atoms with van der Waals surface area (Å²) in [5.41, 5.74) is 4.81. The predicted octanol–water partition coefficient (Wildman–Crippen LogP) is 4.13. The minimum Gasteiger partial charge on any atom is -0.392 e. The fourth-order valence-electron chi connectivity index (χ4n) is 4.38. The third kappa shape index (κ3) is 7.17. The van der Waals surface area contributed by atoms with Crippen molar-refractivity contribution in [2.75, 3.05) is 28.7 Å². The maximum Gasteiger partial charge on any atom is 0.264 e. The molecule has 10 nitrogen and oxygen atoms in total. The van der Waals surface area contributed by atoms with Crippen LogP contribution in [0.15, 0.2) is 60.7 Å². The maximum atomic E-state index is 11.4. The molecule has 4 rings (SSSR count). The molecular weight excluding hydrogens is 530 g/mol. The van der Waals surface area contributed by atoms with E-state index in [2.05, 4.69) is 10.6 Å². The Labute approximate surface area is 221 Å². The maximum absolute atomic E-state index is 11.4. The number of benzene rings is 3. The van der Waals surface area contributed by atoms with Crippen molar-refractivity contribution >= 4 is 59.1 Å². The van der Waals surface area contributed by atoms with Crippen molar-refractivity contribution in [1.82, 2.24) is 4.98 Å². The molecule has 0 radical (unpaired) electrons. The Morgan fingerprint density at radius 1 is 0.763 bits per heavy atom. The van der Waals surface area contributed by atoms with E-state index < -0.39 is 31.7 Å². The van der Waals surface area contributed by atoms with Crippen LogP contribution in [0.2, 0.25) is 0 Å². The van der Waals surface area contributed by atoms with Crippen LogP contribution in [0.25, 0.3) is 21.8 Å². The van der Waals surface area contributed by atoms with Crippen LogP contribution in [0.1, 0.15) is 24.0 Å². The number of para-hydroxylation sites is 2. The van der Waals surface area contributed by atoms with Crippen LogP contribution >= 0.6 is 0 Å². The van der Waals surface area contributed by atoms with Gasteiger partial charge >= 0.3 is 0 Å². The number of aliphatic hydroxyl groups excluding tert-OH is 1. The first kappa shape index (κ1) is 27.7. The smallest absolute Gasteiger partial charge is 0.264 e. The highest BCUT2D eigenvalue weighted by Crippen LogP contribution is 2.37. The first-order valence-corrected chi connectivity index (χ1v) is 15.2. The van der Waals surface area contributed by atoms with E-state index in [1.54, 1.807) is 12.1 Å². The van der Waals surface area contributed by atoms with Crippen LogP contribution in [0, 0.1) is 0 Å². The number of aromatic nitrogens is 1. The molecule has 5 N–H and O–H groups in total. The number of hydrogen-bond donors (Lipinski definition) is 5. The largest absolute Gasteiger partial charge is 0.392 e. The number of anilines is 3. The molecule has 3 aromatic carbocycles. The van der Waals surface area contributed by atoms with Crippen molar-refractivity contribution in [3.8, 4) is 0 Å². The number of fused-ring (bicyclic) bond motifs is 2. The topological polar surface area (TPSA) is 166 Å². The van der Waals surface area contributed by atoms with E-state index in [-0.39, 0.29) is 32.4 Å². The van der Waals surface area contributed by atoms with E-state index in [0.717, 1.165) is 27.5 Å². The summed E-state index contributed by atoms with van der Waals surface area (Å²) in [7, 11) is -8.29. The molecule has 202 valence electrons. The van der Waals surface area contributed by atoms with Gasteiger partial charge in [0.15, 0.2) is 0 Å². The van der Waals surface area contributed by atoms with E-state index in [0.29, 0.717) is 22.5 Å². The molecular formula is C26H29N3O7S2. The molecule has 0 atom stereocenters. The molecule has 0 aliphatic carbocycles. The summed E-state index contributed by atoms with van der Waals surface area (Å²) in [5, 5.41) is 18.3. The SMILES string of the molecule is O=S(=O)(O)CCCNc1cc(CO)cc(Nc2c3ccccc3nc3ccccc23)c1CCCS(=O)(=O)O. The zero-order valence-electron chi connectivity index (χ0n) is 20.5. The Balaban J connectivity index is 1.80. The molecule has 0 aliphatic rings. The summed E-state index contributed by atoms with van der Waals surface area (Å²) in [6.07, 6.45) is 0.522. The molecule has 4 aromatic rings. The van der Waals surface area contributed by atoms with Crippen molar-refractivity contribution in [3.63, 3.8) is 0 Å². The molecule has 0 saturated heterocycles. The van der Waals surface area contributed by atoms with E-state index >= 15 is 0 Å². The van der Waals surface area contributed by atoms with Gasteiger partial charge in [-0.15, -0.1) is 0 Å². The van der Waals surface area contributed by atoms with Gasteiger partial charge in [0, 0.05) is 28.7 Å². The second kappa shape index (κ2) is 11.6. The number of nitrogens with zero attached hydrogens (tertiary/aromatic N) is 1. The fraction of sp³-hybridized carbons (Fsp3) is 0.269. The molecule has 0 saturated carbocycles. The zero-order valence-corrected chi connectivity index (χ0v) is 22.1. The number of pyridine rings is 1. The molecule has 0 amide bonds. The number of hydrogen-bond acceptors (Lipinski definition) is 8. The number of aliphatic hydroxyl groups is 1. The van der Waals surface area contributed by atoms with Crippen LogP contribution in [0.3, 0.4) is 0 Å². The summed E-state index contributed by atoms with van der Waals surface area (Å²) >= 11 is 0. The lowest BCUT2D eigenvalue weighted by molar-refractivity contribution is 0.282. The highest BCUT2D eigenvalue weighted by molar-refractivity contribution is 7.86. The van der Waals surface area contributed by atoms with Crippen molar-refractivity contribution in [2.24, 2.45) is 0 Å². The van der Waals surface area contributed by atoms with Crippen LogP contribution < -0.4 is 10.6 Å². The van der Waals surface area contributed by atoms with Gasteiger partial charge in [-0.05, 0) is 54.7 Å². The van der Waals surface area contributed by atoms with Crippen LogP contribution in [-0.2, 0) is 33.3 Å². The Hall–Kier alpha value is -3.29. The first-order valence-electron chi connectivity index (χ1n) is 12.0. The Morgan fingerprint density at radius 3 is 1.89 bits per heavy atom. The molecule has 1 heterocycles. The van der Waals surface area contributed by atoms with Gasteiger partial charge in [0.25, 0.3) is 20.2 Å². The highest BCUT2D eigenvalue weighted by atomic mass is 32.2. The van der Waals surface area contributed by atoms with Crippen LogP contribution in [0.4, 0.5) is 17.1 Å². The first-order chi connectivity index (χ1) is 18.0. The van der Waals surface area contributed by atoms with Gasteiger partial charge in [-0.25, -0.2) is 4.98 Å². The molecule has 38 heavy (non-hydrogen) atoms. The van der Waals surface area contributed by atoms with Crippen LogP contribution in [-0.4, -0.2) is 54.1 Å². The average Bonchev–Trinajstić information content (AvgIpc) is 2.86. The third-order valence-electron chi connectivity index (χ3n) is 6.06. The Bertz CT molecular complexity index is 1620. The normalized spacial score (nSPS) is 12.2. The molecule has 0 unspecified atom stereocenters. The summed E-state index contributed by atoms with van der Waals surface area (Å²) < 4.78 is 63.3. The highest BCUT2D eigenvalue weighted by Gasteiger charge is 2.16. The van der Waals surface area contributed by atoms with E-state index in [4.69, 9.17) is 9.54 Å². The van der Waals surface area contributed by atoms with Crippen molar-refractivity contribution < 1.29 is 31.0 Å². The molecule has 0 aliphatic heterocycles. The van der Waals surface area contributed by atoms with Gasteiger partial charge in [0.2, 0.25) is 0 Å². The van der Waals surface area contributed by atoms with Gasteiger partial charge in [-0.3, -0.25) is 9.11 Å². The Kier molecular flexibility index (Phi) is 8.48. The van der Waals surface area contributed by atoms with Gasteiger partial charge < -0.3 is 15.7 Å². The molecule has 0 bridgehead atoms. The van der Waals surface area contributed by atoms with Gasteiger partial charge in [-0.1, -0.05) is 36.4 Å². The monoisotopic (exact) mass is 559 g/mol. The minimum atomic E-state index is -4.17. The lowest BCUT2D eigenvalue weighted by Gasteiger charge is -2.21. The summed E-state index contributed by atoms with van der Waals surface area (Å²) in [4.78, 5) is 4.74. The summed E-state index contributed by atoms with van der Waals surface area (Å²) in [6, 6.07) is 18.8. The van der Waals surface area contributed by atoms with Crippen LogP contribution in [0.5, 0.6) is 0 Å². The molecule has 12 heteroatoms. The number of nitrogens with one attached hydrogen (secondary N) is 2. The molecule has 0 spiro atoms. The summed E-state index contributed by atoms with van der Waals surface area (Å²) in [6.45, 7) is -0.0575. The quantitative estimate of drug-likeness (QED) is 0.0967. The van der Waals surface area contributed by atoms with Gasteiger partial charge in [0.1, 0.15) is 0 Å². The summed E-state index contributed by atoms with van der Waals surface area (Å²) in [5.74, 6) is -0.852. The average molecular weight is 560 g/mol. The Morgan fingerprint density at radius 2 is 1.32 bits per heavy atom. The van der Waals surface area contributed by atoms with Crippen molar-refractivity contribution in [2.45, 2.75) is 25.9 Å². The van der Waals surface area contributed by atoms with E-state index in [9.17, 15) is 26.5 Å². The zero-order chi connectivity index (χ0) is 27.3. The molecule has 0 fully saturated rings. The third-order valence-corrected chi connectivity index (χ3v) is 7.67. The van der Waals surface area contributed by atoms with Crippen molar-refractivity contribution in [3.05, 3.63) is 71.8 Å². The lowest BCUT2D eigenvalue weighted by Crippen LogP contribution is -2.13. The van der Waals surface area contributed by atoms with Crippen molar-refractivity contribution in [1.29, 1.82) is 0 Å². The fourth-order valence-corrected chi connectivity index (χ4v) is 5.40. The molecule has 1 aromatic heterocycles. The minimum absolute atomic E-state index is 0.128. The second-order valence-corrected chi connectivity index (χ2v) is 12.1. The standard InChI is InChI=1S/C26H29N3O7S2/c30-17-18-15-24(27-12-6-14-38(34,35)36)19(9-5-13-37(31,32)33)25(16-18)29-26-20-7-1-3-10-22(20)28-23-11-4-2-8-21(23)26/h1-4,7-8,10-11,15-16,27,30H,5-6,9,12-14,17H2,(H,28,29)(H,31,32,33)(H,34,35,36). The second-order valence-electron chi connectivity index (χ2n) is 8.93. The van der Waals surface area contributed by atoms with E-state index in [1.165, 1.54) is 0 Å². The number of rotatable bonds is 12. The predicted molar refractivity (Wildman–Crippen MR) is 149 cm³/mol. The van der Waals surface area contributed by atoms with Gasteiger partial charge in [-0.2, -0.15) is 16.8 Å².